The van der Waals surface area contributed by atoms with Gasteiger partial charge in [-0.1, -0.05) is 0 Å². The zero-order chi connectivity index (χ0) is 27.6. The number of methoxy groups -OCH3 is 2. The Morgan fingerprint density at radius 1 is 0.658 bits per heavy atom. The second-order valence-electron chi connectivity index (χ2n) is 8.52. The van der Waals surface area contributed by atoms with Gasteiger partial charge < -0.3 is 0 Å². The van der Waals surface area contributed by atoms with Crippen molar-refractivity contribution in [2.75, 3.05) is 14.2 Å². The molecule has 0 aromatic heterocycles. The summed E-state index contributed by atoms with van der Waals surface area (Å²) in [7, 11) is 2.64. The Morgan fingerprint density at radius 3 is 1.37 bits per heavy atom. The summed E-state index contributed by atoms with van der Waals surface area (Å²) in [5.74, 6) is -1.19. The molecule has 2 aromatic carbocycles. The van der Waals surface area contributed by atoms with E-state index in [0.717, 1.165) is 34.6 Å². The molecular formula is C28H36N2O6Se2. The molecule has 0 radical (unpaired) electrons. The van der Waals surface area contributed by atoms with Gasteiger partial charge in [0.2, 0.25) is 0 Å². The van der Waals surface area contributed by atoms with Crippen molar-refractivity contribution in [1.82, 2.24) is 10.6 Å². The van der Waals surface area contributed by atoms with E-state index in [1.807, 2.05) is 60.7 Å². The van der Waals surface area contributed by atoms with E-state index in [2.05, 4.69) is 10.6 Å². The fourth-order valence-corrected chi connectivity index (χ4v) is 10.3. The number of rotatable bonds is 17. The third kappa shape index (κ3) is 12.7. The van der Waals surface area contributed by atoms with Crippen LogP contribution in [0.5, 0.6) is 0 Å². The van der Waals surface area contributed by atoms with Gasteiger partial charge in [0.15, 0.2) is 0 Å². The van der Waals surface area contributed by atoms with Gasteiger partial charge >= 0.3 is 237 Å². The maximum atomic E-state index is 12.4. The molecule has 2 rings (SSSR count). The third-order valence-corrected chi connectivity index (χ3v) is 13.3. The number of carbonyl (C=O) groups is 4. The van der Waals surface area contributed by atoms with Crippen LogP contribution in [0.25, 0.3) is 0 Å². The van der Waals surface area contributed by atoms with Gasteiger partial charge in [-0.15, -0.1) is 0 Å². The quantitative estimate of drug-likeness (QED) is 0.154. The Morgan fingerprint density at radius 2 is 1.03 bits per heavy atom. The Labute approximate surface area is 235 Å². The van der Waals surface area contributed by atoms with Crippen LogP contribution in [0.2, 0.25) is 10.6 Å². The first-order valence-corrected chi connectivity index (χ1v) is 19.2. The van der Waals surface area contributed by atoms with Crippen molar-refractivity contribution in [2.24, 2.45) is 0 Å². The van der Waals surface area contributed by atoms with Crippen LogP contribution < -0.4 is 10.6 Å². The summed E-state index contributed by atoms with van der Waals surface area (Å²) in [4.78, 5) is 48.9. The van der Waals surface area contributed by atoms with Crippen LogP contribution in [0.1, 0.15) is 36.8 Å². The van der Waals surface area contributed by atoms with Gasteiger partial charge in [-0.3, -0.25) is 0 Å². The van der Waals surface area contributed by atoms with E-state index in [9.17, 15) is 19.2 Å². The molecule has 0 saturated carbocycles. The molecule has 0 aliphatic carbocycles. The molecule has 2 aromatic rings. The SMILES string of the molecule is COC(=O)[C@H](Cc1ccccc1)NC(=O)CCC[Se][Se]CCCC(=O)N[C@@H](Cc1ccccc1)C(=O)OC. The molecular weight excluding hydrogens is 618 g/mol. The summed E-state index contributed by atoms with van der Waals surface area (Å²) in [6.07, 6.45) is 3.08. The first kappa shape index (κ1) is 31.6. The molecule has 2 N–H and O–H groups in total. The topological polar surface area (TPSA) is 111 Å². The number of nitrogens with one attached hydrogen (secondary N) is 2. The van der Waals surface area contributed by atoms with E-state index in [1.54, 1.807) is 0 Å². The second-order valence-corrected chi connectivity index (χ2v) is 16.4. The summed E-state index contributed by atoms with van der Waals surface area (Å²) in [5, 5.41) is 7.57. The van der Waals surface area contributed by atoms with Gasteiger partial charge in [0.05, 0.1) is 0 Å². The van der Waals surface area contributed by atoms with E-state index >= 15 is 0 Å². The van der Waals surface area contributed by atoms with Gasteiger partial charge in [-0.2, -0.15) is 0 Å². The van der Waals surface area contributed by atoms with Crippen LogP contribution in [0.4, 0.5) is 0 Å². The molecule has 38 heavy (non-hydrogen) atoms. The summed E-state index contributed by atoms with van der Waals surface area (Å²) in [6.45, 7) is 0. The van der Waals surface area contributed by atoms with E-state index in [4.69, 9.17) is 9.47 Å². The number of benzene rings is 2. The molecule has 0 aliphatic heterocycles. The molecule has 0 saturated heterocycles. The Hall–Kier alpha value is -2.64. The van der Waals surface area contributed by atoms with Crippen molar-refractivity contribution < 1.29 is 28.7 Å². The van der Waals surface area contributed by atoms with E-state index in [1.165, 1.54) is 14.2 Å². The average molecular weight is 655 g/mol. The van der Waals surface area contributed by atoms with Crippen LogP contribution in [0.15, 0.2) is 60.7 Å². The summed E-state index contributed by atoms with van der Waals surface area (Å²) < 4.78 is 9.70. The molecule has 2 atom stereocenters. The number of hydrogen-bond donors (Lipinski definition) is 2. The van der Waals surface area contributed by atoms with Crippen molar-refractivity contribution in [3.63, 3.8) is 0 Å². The van der Waals surface area contributed by atoms with E-state index in [0.29, 0.717) is 51.9 Å². The van der Waals surface area contributed by atoms with Gasteiger partial charge in [-0.25, -0.2) is 0 Å². The van der Waals surface area contributed by atoms with Crippen LogP contribution in [0, 0.1) is 0 Å². The van der Waals surface area contributed by atoms with Crippen molar-refractivity contribution >= 4 is 50.0 Å². The second kappa shape index (κ2) is 18.6. The molecule has 10 heteroatoms. The predicted molar refractivity (Wildman–Crippen MR) is 148 cm³/mol. The van der Waals surface area contributed by atoms with Crippen LogP contribution >= 0.6 is 0 Å². The van der Waals surface area contributed by atoms with Gasteiger partial charge in [0.1, 0.15) is 0 Å². The van der Waals surface area contributed by atoms with Crippen molar-refractivity contribution in [3.05, 3.63) is 71.8 Å². The normalized spacial score (nSPS) is 12.2. The fourth-order valence-electron chi connectivity index (χ4n) is 3.60. The number of hydrogen-bond acceptors (Lipinski definition) is 6. The standard InChI is InChI=1S/C28H36N2O6Se2/c1-35-27(33)23(19-21-11-5-3-6-12-21)29-25(31)15-9-17-37-38-18-10-16-26(32)30-24(28(34)36-2)20-22-13-7-4-8-14-22/h3-8,11-14,23-24H,9-10,15-20H2,1-2H3,(H,29,31)(H,30,32)/t23-,24-/m0/s1. The molecule has 0 unspecified atom stereocenters. The molecule has 0 fully saturated rings. The van der Waals surface area contributed by atoms with Gasteiger partial charge in [0.25, 0.3) is 0 Å². The molecule has 2 amide bonds. The van der Waals surface area contributed by atoms with Crippen LogP contribution in [-0.4, -0.2) is 76.3 Å². The molecule has 0 heterocycles. The predicted octanol–water partition coefficient (Wildman–Crippen LogP) is 2.51. The van der Waals surface area contributed by atoms with E-state index < -0.39 is 24.0 Å². The van der Waals surface area contributed by atoms with Crippen LogP contribution in [0.3, 0.4) is 0 Å². The van der Waals surface area contributed by atoms with Gasteiger partial charge in [0, 0.05) is 0 Å². The van der Waals surface area contributed by atoms with Crippen LogP contribution in [-0.2, 0) is 41.5 Å². The molecule has 206 valence electrons. The van der Waals surface area contributed by atoms with E-state index in [-0.39, 0.29) is 11.8 Å². The monoisotopic (exact) mass is 656 g/mol. The number of carbonyl (C=O) groups excluding carboxylic acids is 4. The fraction of sp³-hybridized carbons (Fsp3) is 0.429. The minimum absolute atomic E-state index is 0.146. The Kier molecular flexibility index (Phi) is 15.4. The number of amides is 2. The minimum atomic E-state index is -0.692. The molecule has 0 bridgehead atoms. The molecule has 8 nitrogen and oxygen atoms in total. The number of ether oxygens (including phenoxy) is 2. The zero-order valence-corrected chi connectivity index (χ0v) is 25.3. The first-order valence-electron chi connectivity index (χ1n) is 12.5. The average Bonchev–Trinajstić information content (AvgIpc) is 2.94. The van der Waals surface area contributed by atoms with Gasteiger partial charge in [-0.05, 0) is 0 Å². The Bertz CT molecular complexity index is 925. The zero-order valence-electron chi connectivity index (χ0n) is 21.9. The van der Waals surface area contributed by atoms with Crippen molar-refractivity contribution in [1.29, 1.82) is 0 Å². The van der Waals surface area contributed by atoms with Crippen molar-refractivity contribution in [2.45, 2.75) is 61.2 Å². The summed E-state index contributed by atoms with van der Waals surface area (Å²) >= 11 is 0.884. The number of esters is 2. The molecule has 0 spiro atoms. The Balaban J connectivity index is 1.59. The molecule has 0 aliphatic rings. The third-order valence-electron chi connectivity index (χ3n) is 5.55. The first-order chi connectivity index (χ1) is 18.4. The summed E-state index contributed by atoms with van der Waals surface area (Å²) in [6, 6.07) is 17.7. The van der Waals surface area contributed by atoms with Crippen molar-refractivity contribution in [3.8, 4) is 0 Å². The maximum absolute atomic E-state index is 12.4. The summed E-state index contributed by atoms with van der Waals surface area (Å²) in [5.41, 5.74) is 1.92.